The Hall–Kier alpha value is -0.920. The van der Waals surface area contributed by atoms with Crippen LogP contribution in [-0.4, -0.2) is 42.1 Å². The number of aromatic nitrogens is 2. The lowest BCUT2D eigenvalue weighted by molar-refractivity contribution is 0.315. The van der Waals surface area contributed by atoms with Gasteiger partial charge in [-0.05, 0) is 24.7 Å². The van der Waals surface area contributed by atoms with E-state index in [9.17, 15) is 8.42 Å². The largest absolute Gasteiger partial charge is 0.329 e. The molecule has 0 unspecified atom stereocenters. The van der Waals surface area contributed by atoms with Crippen molar-refractivity contribution < 1.29 is 8.42 Å². The average molecular weight is 300 g/mol. The van der Waals surface area contributed by atoms with E-state index in [1.807, 2.05) is 0 Å². The van der Waals surface area contributed by atoms with Crippen molar-refractivity contribution in [3.05, 3.63) is 12.4 Å². The van der Waals surface area contributed by atoms with Gasteiger partial charge in [0.05, 0.1) is 12.7 Å². The van der Waals surface area contributed by atoms with E-state index in [4.69, 9.17) is 5.73 Å². The lowest BCUT2D eigenvalue weighted by Gasteiger charge is -2.22. The van der Waals surface area contributed by atoms with Crippen molar-refractivity contribution in [2.75, 3.05) is 19.6 Å². The first-order chi connectivity index (χ1) is 9.35. The molecule has 1 aliphatic heterocycles. The van der Waals surface area contributed by atoms with Gasteiger partial charge in [0.1, 0.15) is 4.90 Å². The molecule has 1 aliphatic rings. The zero-order valence-corrected chi connectivity index (χ0v) is 13.1. The molecular weight excluding hydrogens is 276 g/mol. The highest BCUT2D eigenvalue weighted by molar-refractivity contribution is 7.89. The monoisotopic (exact) mass is 300 g/mol. The molecule has 0 bridgehead atoms. The molecule has 6 nitrogen and oxygen atoms in total. The number of rotatable bonds is 4. The van der Waals surface area contributed by atoms with E-state index >= 15 is 0 Å². The van der Waals surface area contributed by atoms with E-state index < -0.39 is 10.0 Å². The number of nitrogens with two attached hydrogens (primary N) is 1. The molecule has 2 N–H and O–H groups in total. The Bertz CT molecular complexity index is 550. The first-order valence-electron chi connectivity index (χ1n) is 7.08. The van der Waals surface area contributed by atoms with E-state index in [1.165, 1.54) is 6.20 Å². The fourth-order valence-electron chi connectivity index (χ4n) is 2.52. The summed E-state index contributed by atoms with van der Waals surface area (Å²) in [7, 11) is -3.42. The van der Waals surface area contributed by atoms with Crippen molar-refractivity contribution in [2.24, 2.45) is 11.1 Å². The molecule has 0 aliphatic carbocycles. The summed E-state index contributed by atoms with van der Waals surface area (Å²) in [5.74, 6) is 0. The summed E-state index contributed by atoms with van der Waals surface area (Å²) in [6.07, 6.45) is 5.84. The minimum absolute atomic E-state index is 0.216. The van der Waals surface area contributed by atoms with Gasteiger partial charge in [0.15, 0.2) is 0 Å². The van der Waals surface area contributed by atoms with Crippen LogP contribution < -0.4 is 5.73 Å². The predicted molar refractivity (Wildman–Crippen MR) is 77.7 cm³/mol. The predicted octanol–water partition coefficient (Wildman–Crippen LogP) is 1.04. The normalized spacial score (nSPS) is 20.8. The summed E-state index contributed by atoms with van der Waals surface area (Å²) in [6, 6.07) is 0. The van der Waals surface area contributed by atoms with E-state index in [2.05, 4.69) is 18.9 Å². The second-order valence-corrected chi connectivity index (χ2v) is 8.09. The van der Waals surface area contributed by atoms with Gasteiger partial charge in [-0.1, -0.05) is 13.8 Å². The lowest BCUT2D eigenvalue weighted by Crippen LogP contribution is -2.32. The number of nitrogens with zero attached hydrogens (tertiary/aromatic N) is 3. The molecule has 2 heterocycles. The van der Waals surface area contributed by atoms with E-state index in [0.29, 0.717) is 26.2 Å². The number of sulfonamides is 1. The quantitative estimate of drug-likeness (QED) is 0.901. The molecule has 1 aromatic rings. The van der Waals surface area contributed by atoms with Gasteiger partial charge in [0, 0.05) is 25.8 Å². The smallest absolute Gasteiger partial charge is 0.246 e. The minimum Gasteiger partial charge on any atom is -0.329 e. The third-order valence-corrected chi connectivity index (χ3v) is 5.76. The molecule has 0 radical (unpaired) electrons. The highest BCUT2D eigenvalue weighted by Gasteiger charge is 2.31. The molecule has 7 heteroatoms. The van der Waals surface area contributed by atoms with Crippen molar-refractivity contribution in [3.63, 3.8) is 0 Å². The molecule has 20 heavy (non-hydrogen) atoms. The number of hydrogen-bond acceptors (Lipinski definition) is 4. The van der Waals surface area contributed by atoms with Gasteiger partial charge in [0.2, 0.25) is 10.0 Å². The highest BCUT2D eigenvalue weighted by Crippen LogP contribution is 2.31. The standard InChI is InChI=1S/C13H24N4O2S/c1-13(2)4-3-7-17(8-5-13)20(18,19)12-10-15-16(11-12)9-6-14/h10-11H,3-9,14H2,1-2H3. The van der Waals surface area contributed by atoms with Crippen molar-refractivity contribution in [1.29, 1.82) is 0 Å². The Morgan fingerprint density at radius 2 is 2.10 bits per heavy atom. The van der Waals surface area contributed by atoms with Gasteiger partial charge in [-0.2, -0.15) is 9.40 Å². The minimum atomic E-state index is -3.42. The average Bonchev–Trinajstić information content (AvgIpc) is 2.75. The van der Waals surface area contributed by atoms with Gasteiger partial charge in [-0.25, -0.2) is 8.42 Å². The third kappa shape index (κ3) is 3.39. The molecule has 114 valence electrons. The zero-order chi connectivity index (χ0) is 14.8. The van der Waals surface area contributed by atoms with Crippen LogP contribution in [0.15, 0.2) is 17.3 Å². The van der Waals surface area contributed by atoms with Gasteiger partial charge in [-0.3, -0.25) is 4.68 Å². The maximum absolute atomic E-state index is 12.6. The molecule has 2 rings (SSSR count). The van der Waals surface area contributed by atoms with Gasteiger partial charge < -0.3 is 5.73 Å². The zero-order valence-electron chi connectivity index (χ0n) is 12.2. The number of hydrogen-bond donors (Lipinski definition) is 1. The molecule has 1 aromatic heterocycles. The van der Waals surface area contributed by atoms with Gasteiger partial charge in [-0.15, -0.1) is 0 Å². The van der Waals surface area contributed by atoms with E-state index in [1.54, 1.807) is 15.2 Å². The second-order valence-electron chi connectivity index (χ2n) is 6.15. The molecule has 0 amide bonds. The van der Waals surface area contributed by atoms with Crippen molar-refractivity contribution in [2.45, 2.75) is 44.6 Å². The fraction of sp³-hybridized carbons (Fsp3) is 0.769. The summed E-state index contributed by atoms with van der Waals surface area (Å²) in [5, 5.41) is 4.05. The van der Waals surface area contributed by atoms with Crippen LogP contribution in [0.25, 0.3) is 0 Å². The Morgan fingerprint density at radius 1 is 1.35 bits per heavy atom. The molecule has 1 saturated heterocycles. The molecule has 0 atom stereocenters. The summed E-state index contributed by atoms with van der Waals surface area (Å²) >= 11 is 0. The summed E-state index contributed by atoms with van der Waals surface area (Å²) in [6.45, 7) is 6.54. The topological polar surface area (TPSA) is 81.2 Å². The van der Waals surface area contributed by atoms with Crippen LogP contribution in [-0.2, 0) is 16.6 Å². The summed E-state index contributed by atoms with van der Waals surface area (Å²) in [4.78, 5) is 0.269. The van der Waals surface area contributed by atoms with Gasteiger partial charge in [0.25, 0.3) is 0 Å². The molecule has 0 spiro atoms. The first kappa shape index (κ1) is 15.5. The maximum atomic E-state index is 12.6. The first-order valence-corrected chi connectivity index (χ1v) is 8.52. The van der Waals surface area contributed by atoms with Crippen LogP contribution in [0.3, 0.4) is 0 Å². The van der Waals surface area contributed by atoms with Crippen LogP contribution in [0.4, 0.5) is 0 Å². The third-order valence-electron chi connectivity index (χ3n) is 3.90. The summed E-state index contributed by atoms with van der Waals surface area (Å²) < 4.78 is 28.4. The Balaban J connectivity index is 2.16. The van der Waals surface area contributed by atoms with Crippen LogP contribution in [0.5, 0.6) is 0 Å². The Morgan fingerprint density at radius 3 is 2.80 bits per heavy atom. The van der Waals surface area contributed by atoms with Crippen LogP contribution in [0, 0.1) is 5.41 Å². The van der Waals surface area contributed by atoms with Crippen LogP contribution in [0.2, 0.25) is 0 Å². The van der Waals surface area contributed by atoms with Gasteiger partial charge >= 0.3 is 0 Å². The second kappa shape index (κ2) is 5.83. The van der Waals surface area contributed by atoms with Crippen LogP contribution in [0.1, 0.15) is 33.1 Å². The van der Waals surface area contributed by atoms with Crippen molar-refractivity contribution in [3.8, 4) is 0 Å². The molecule has 0 saturated carbocycles. The van der Waals surface area contributed by atoms with E-state index in [-0.39, 0.29) is 10.3 Å². The van der Waals surface area contributed by atoms with Crippen molar-refractivity contribution in [1.82, 2.24) is 14.1 Å². The molecule has 1 fully saturated rings. The summed E-state index contributed by atoms with van der Waals surface area (Å²) in [5.41, 5.74) is 5.67. The lowest BCUT2D eigenvalue weighted by atomic mass is 9.85. The fourth-order valence-corrected chi connectivity index (χ4v) is 3.95. The highest BCUT2D eigenvalue weighted by atomic mass is 32.2. The Labute approximate surface area is 121 Å². The molecule has 0 aromatic carbocycles. The van der Waals surface area contributed by atoms with Crippen molar-refractivity contribution >= 4 is 10.0 Å². The Kier molecular flexibility index (Phi) is 4.51. The van der Waals surface area contributed by atoms with E-state index in [0.717, 1.165) is 19.3 Å². The molecular formula is C13H24N4O2S. The van der Waals surface area contributed by atoms with Crippen LogP contribution >= 0.6 is 0 Å². The maximum Gasteiger partial charge on any atom is 0.246 e. The SMILES string of the molecule is CC1(C)CCCN(S(=O)(=O)c2cnn(CCN)c2)CC1.